The molecule has 2 heterocycles. The third-order valence-corrected chi connectivity index (χ3v) is 2.67. The molecule has 0 aliphatic heterocycles. The summed E-state index contributed by atoms with van der Waals surface area (Å²) in [5.41, 5.74) is 0.892. The predicted molar refractivity (Wildman–Crippen MR) is 68.0 cm³/mol. The second-order valence-corrected chi connectivity index (χ2v) is 4.39. The Hall–Kier alpha value is -1.62. The molecule has 0 aliphatic rings. The van der Waals surface area contributed by atoms with Gasteiger partial charge in [-0.15, -0.1) is 0 Å². The molecule has 0 saturated carbocycles. The van der Waals surface area contributed by atoms with Crippen LogP contribution in [0.4, 0.5) is 0 Å². The van der Waals surface area contributed by atoms with Crippen LogP contribution in [0.15, 0.2) is 45.9 Å². The minimum Gasteiger partial charge on any atom is -0.473 e. The van der Waals surface area contributed by atoms with Crippen LogP contribution in [0.1, 0.15) is 5.56 Å². The maximum absolute atomic E-state index is 11.2. The second kappa shape index (κ2) is 5.14. The van der Waals surface area contributed by atoms with Gasteiger partial charge < -0.3 is 9.30 Å². The zero-order valence-corrected chi connectivity index (χ0v) is 10.8. The molecule has 0 radical (unpaired) electrons. The molecule has 0 N–H and O–H groups in total. The van der Waals surface area contributed by atoms with E-state index in [1.807, 2.05) is 12.1 Å². The molecule has 0 saturated heterocycles. The number of nitrogens with zero attached hydrogens (tertiary/aromatic N) is 2. The fourth-order valence-electron chi connectivity index (χ4n) is 1.36. The molecular formula is C12H11BrN2O2. The first-order chi connectivity index (χ1) is 8.15. The summed E-state index contributed by atoms with van der Waals surface area (Å²) < 4.78 is 7.76. The number of hydrogen-bond donors (Lipinski definition) is 0. The molecule has 0 unspecified atom stereocenters. The van der Waals surface area contributed by atoms with Crippen LogP contribution in [-0.4, -0.2) is 9.55 Å². The van der Waals surface area contributed by atoms with Gasteiger partial charge in [0, 0.05) is 30.9 Å². The Morgan fingerprint density at radius 1 is 1.35 bits per heavy atom. The van der Waals surface area contributed by atoms with E-state index >= 15 is 0 Å². The summed E-state index contributed by atoms with van der Waals surface area (Å²) >= 11 is 3.27. The highest BCUT2D eigenvalue weighted by atomic mass is 79.9. The number of hydrogen-bond acceptors (Lipinski definition) is 3. The number of pyridine rings is 2. The van der Waals surface area contributed by atoms with Crippen molar-refractivity contribution in [3.63, 3.8) is 0 Å². The summed E-state index contributed by atoms with van der Waals surface area (Å²) in [5, 5.41) is 0. The van der Waals surface area contributed by atoms with Crippen LogP contribution < -0.4 is 10.3 Å². The molecule has 2 aromatic heterocycles. The molecule has 2 aromatic rings. The number of aromatic nitrogens is 2. The van der Waals surface area contributed by atoms with Crippen molar-refractivity contribution in [2.75, 3.05) is 0 Å². The molecule has 0 aromatic carbocycles. The van der Waals surface area contributed by atoms with E-state index in [0.29, 0.717) is 12.5 Å². The van der Waals surface area contributed by atoms with Gasteiger partial charge in [0.1, 0.15) is 11.2 Å². The molecule has 0 spiro atoms. The maximum atomic E-state index is 11.2. The third-order valence-electron chi connectivity index (χ3n) is 2.22. The largest absolute Gasteiger partial charge is 0.473 e. The fraction of sp³-hybridized carbons (Fsp3) is 0.167. The lowest BCUT2D eigenvalue weighted by atomic mass is 10.3. The molecule has 0 amide bonds. The van der Waals surface area contributed by atoms with Crippen LogP contribution >= 0.6 is 15.9 Å². The Kier molecular flexibility index (Phi) is 3.58. The van der Waals surface area contributed by atoms with Crippen LogP contribution in [0.2, 0.25) is 0 Å². The molecule has 0 fully saturated rings. The van der Waals surface area contributed by atoms with Gasteiger partial charge in [0.2, 0.25) is 11.4 Å². The van der Waals surface area contributed by atoms with Crippen molar-refractivity contribution >= 4 is 15.9 Å². The highest BCUT2D eigenvalue weighted by Crippen LogP contribution is 2.13. The van der Waals surface area contributed by atoms with Gasteiger partial charge in [-0.05, 0) is 28.1 Å². The van der Waals surface area contributed by atoms with Crippen molar-refractivity contribution < 1.29 is 4.74 Å². The van der Waals surface area contributed by atoms with Gasteiger partial charge in [0.25, 0.3) is 0 Å². The Labute approximate surface area is 107 Å². The molecule has 0 bridgehead atoms. The van der Waals surface area contributed by atoms with Crippen LogP contribution in [-0.2, 0) is 13.7 Å². The van der Waals surface area contributed by atoms with E-state index in [9.17, 15) is 4.79 Å². The monoisotopic (exact) mass is 294 g/mol. The van der Waals surface area contributed by atoms with Gasteiger partial charge in [-0.3, -0.25) is 4.79 Å². The van der Waals surface area contributed by atoms with Crippen LogP contribution in [0, 0.1) is 0 Å². The van der Waals surface area contributed by atoms with E-state index in [2.05, 4.69) is 20.9 Å². The van der Waals surface area contributed by atoms with Crippen molar-refractivity contribution in [1.29, 1.82) is 0 Å². The Morgan fingerprint density at radius 2 is 2.18 bits per heavy atom. The topological polar surface area (TPSA) is 44.1 Å². The summed E-state index contributed by atoms with van der Waals surface area (Å²) in [6.07, 6.45) is 1.75. The standard InChI is InChI=1S/C12H11BrN2O2/c1-15-7-9(5-6-12(15)16)8-17-11-4-2-3-10(13)14-11/h2-7H,8H2,1H3. The predicted octanol–water partition coefficient (Wildman–Crippen LogP) is 2.12. The molecule has 4 nitrogen and oxygen atoms in total. The van der Waals surface area contributed by atoms with Crippen molar-refractivity contribution in [3.05, 3.63) is 57.0 Å². The van der Waals surface area contributed by atoms with Gasteiger partial charge in [0.15, 0.2) is 0 Å². The number of halogens is 1. The molecule has 5 heteroatoms. The van der Waals surface area contributed by atoms with Gasteiger partial charge in [-0.25, -0.2) is 4.98 Å². The first-order valence-electron chi connectivity index (χ1n) is 5.06. The zero-order chi connectivity index (χ0) is 12.3. The van der Waals surface area contributed by atoms with Gasteiger partial charge in [-0.2, -0.15) is 0 Å². The third kappa shape index (κ3) is 3.17. The maximum Gasteiger partial charge on any atom is 0.250 e. The van der Waals surface area contributed by atoms with E-state index in [1.54, 1.807) is 25.4 Å². The van der Waals surface area contributed by atoms with Crippen molar-refractivity contribution in [2.24, 2.45) is 7.05 Å². The average Bonchev–Trinajstić information content (AvgIpc) is 2.31. The van der Waals surface area contributed by atoms with E-state index in [0.717, 1.165) is 10.2 Å². The Bertz CT molecular complexity index is 581. The summed E-state index contributed by atoms with van der Waals surface area (Å²) in [6.45, 7) is 0.386. The normalized spacial score (nSPS) is 10.2. The SMILES string of the molecule is Cn1cc(COc2cccc(Br)n2)ccc1=O. The molecule has 0 aliphatic carbocycles. The van der Waals surface area contributed by atoms with Gasteiger partial charge >= 0.3 is 0 Å². The van der Waals surface area contributed by atoms with E-state index in [1.165, 1.54) is 10.6 Å². The Balaban J connectivity index is 2.07. The number of rotatable bonds is 3. The first-order valence-corrected chi connectivity index (χ1v) is 5.85. The van der Waals surface area contributed by atoms with Gasteiger partial charge in [0.05, 0.1) is 0 Å². The van der Waals surface area contributed by atoms with Crippen molar-refractivity contribution in [1.82, 2.24) is 9.55 Å². The molecule has 88 valence electrons. The molecule has 0 atom stereocenters. The quantitative estimate of drug-likeness (QED) is 0.815. The molecule has 2 rings (SSSR count). The lowest BCUT2D eigenvalue weighted by Crippen LogP contribution is -2.15. The minimum atomic E-state index is -0.0330. The highest BCUT2D eigenvalue weighted by molar-refractivity contribution is 9.10. The summed E-state index contributed by atoms with van der Waals surface area (Å²) in [4.78, 5) is 15.3. The lowest BCUT2D eigenvalue weighted by Gasteiger charge is -2.06. The first kappa shape index (κ1) is 11.9. The zero-order valence-electron chi connectivity index (χ0n) is 9.26. The smallest absolute Gasteiger partial charge is 0.250 e. The number of ether oxygens (including phenoxy) is 1. The fourth-order valence-corrected chi connectivity index (χ4v) is 1.69. The highest BCUT2D eigenvalue weighted by Gasteiger charge is 1.99. The van der Waals surface area contributed by atoms with Crippen LogP contribution in [0.25, 0.3) is 0 Å². The van der Waals surface area contributed by atoms with Crippen LogP contribution in [0.5, 0.6) is 5.88 Å². The summed E-state index contributed by atoms with van der Waals surface area (Å²) in [7, 11) is 1.71. The Morgan fingerprint density at radius 3 is 2.88 bits per heavy atom. The van der Waals surface area contributed by atoms with E-state index in [4.69, 9.17) is 4.74 Å². The van der Waals surface area contributed by atoms with E-state index in [-0.39, 0.29) is 5.56 Å². The van der Waals surface area contributed by atoms with Gasteiger partial charge in [-0.1, -0.05) is 6.07 Å². The average molecular weight is 295 g/mol. The second-order valence-electron chi connectivity index (χ2n) is 3.57. The molecule has 17 heavy (non-hydrogen) atoms. The van der Waals surface area contributed by atoms with Crippen molar-refractivity contribution in [3.8, 4) is 5.88 Å². The summed E-state index contributed by atoms with van der Waals surface area (Å²) in [6, 6.07) is 8.74. The van der Waals surface area contributed by atoms with Crippen molar-refractivity contribution in [2.45, 2.75) is 6.61 Å². The molecular weight excluding hydrogens is 284 g/mol. The van der Waals surface area contributed by atoms with Crippen LogP contribution in [0.3, 0.4) is 0 Å². The van der Waals surface area contributed by atoms with E-state index < -0.39 is 0 Å². The number of aryl methyl sites for hydroxylation is 1. The minimum absolute atomic E-state index is 0.0330. The lowest BCUT2D eigenvalue weighted by molar-refractivity contribution is 0.292. The summed E-state index contributed by atoms with van der Waals surface area (Å²) in [5.74, 6) is 0.549.